The largest absolute Gasteiger partial charge is 0.341 e. The highest BCUT2D eigenvalue weighted by atomic mass is 32.2. The predicted molar refractivity (Wildman–Crippen MR) is 134 cm³/mol. The number of nitrogens with one attached hydrogen (secondary N) is 2. The smallest absolute Gasteiger partial charge is 0.235 e. The summed E-state index contributed by atoms with van der Waals surface area (Å²) in [6.07, 6.45) is 1.99. The minimum Gasteiger partial charge on any atom is -0.341 e. The lowest BCUT2D eigenvalue weighted by atomic mass is 10.1. The molecule has 1 atom stereocenters. The SMILES string of the molecule is CC(C)NC1C(=C=O)N(c2cc3cc(N4CCCS4(=O)=O)ccc3[nH]2)CCN1c1ccccn1. The van der Waals surface area contributed by atoms with Crippen LogP contribution in [-0.2, 0) is 14.8 Å². The molecule has 4 heterocycles. The van der Waals surface area contributed by atoms with E-state index in [-0.39, 0.29) is 11.8 Å². The molecule has 0 bridgehead atoms. The van der Waals surface area contributed by atoms with Crippen LogP contribution in [0.25, 0.3) is 10.9 Å². The molecule has 2 fully saturated rings. The van der Waals surface area contributed by atoms with Gasteiger partial charge in [-0.1, -0.05) is 6.07 Å². The van der Waals surface area contributed by atoms with Crippen molar-refractivity contribution in [1.82, 2.24) is 15.3 Å². The number of carbonyl (C=O) groups excluding carboxylic acids is 1. The fourth-order valence-electron chi connectivity index (χ4n) is 4.70. The molecule has 178 valence electrons. The van der Waals surface area contributed by atoms with E-state index in [4.69, 9.17) is 0 Å². The van der Waals surface area contributed by atoms with Crippen LogP contribution in [0.5, 0.6) is 0 Å². The zero-order valence-electron chi connectivity index (χ0n) is 19.2. The Morgan fingerprint density at radius 1 is 1.15 bits per heavy atom. The molecule has 0 saturated carbocycles. The van der Waals surface area contributed by atoms with Crippen LogP contribution in [0.4, 0.5) is 17.3 Å². The third-order valence-corrected chi connectivity index (χ3v) is 8.10. The summed E-state index contributed by atoms with van der Waals surface area (Å²) in [5, 5.41) is 4.37. The highest BCUT2D eigenvalue weighted by Gasteiger charge is 2.35. The molecular weight excluding hydrogens is 452 g/mol. The van der Waals surface area contributed by atoms with Crippen LogP contribution in [0.1, 0.15) is 20.3 Å². The lowest BCUT2D eigenvalue weighted by Crippen LogP contribution is -2.59. The number of aromatic nitrogens is 2. The van der Waals surface area contributed by atoms with Crippen molar-refractivity contribution in [2.75, 3.05) is 39.5 Å². The number of nitrogens with zero attached hydrogens (tertiary/aromatic N) is 4. The van der Waals surface area contributed by atoms with Gasteiger partial charge in [-0.3, -0.25) is 9.62 Å². The van der Waals surface area contributed by atoms with E-state index in [1.165, 1.54) is 4.31 Å². The summed E-state index contributed by atoms with van der Waals surface area (Å²) < 4.78 is 26.2. The minimum atomic E-state index is -3.25. The summed E-state index contributed by atoms with van der Waals surface area (Å²) in [5.41, 5.74) is 2.02. The van der Waals surface area contributed by atoms with Crippen molar-refractivity contribution < 1.29 is 13.2 Å². The second-order valence-electron chi connectivity index (χ2n) is 8.91. The van der Waals surface area contributed by atoms with Gasteiger partial charge in [0.05, 0.1) is 11.4 Å². The maximum Gasteiger partial charge on any atom is 0.235 e. The van der Waals surface area contributed by atoms with Crippen LogP contribution in [-0.4, -0.2) is 61.9 Å². The molecule has 2 aliphatic rings. The first kappa shape index (κ1) is 22.5. The number of benzene rings is 1. The number of hydrogen-bond donors (Lipinski definition) is 2. The fraction of sp³-hybridized carbons (Fsp3) is 0.375. The van der Waals surface area contributed by atoms with Crippen molar-refractivity contribution >= 4 is 44.2 Å². The third-order valence-electron chi connectivity index (χ3n) is 6.23. The summed E-state index contributed by atoms with van der Waals surface area (Å²) in [4.78, 5) is 24.1. The van der Waals surface area contributed by atoms with E-state index < -0.39 is 16.2 Å². The second kappa shape index (κ2) is 8.79. The Kier molecular flexibility index (Phi) is 5.81. The van der Waals surface area contributed by atoms with Crippen LogP contribution < -0.4 is 19.4 Å². The van der Waals surface area contributed by atoms with Gasteiger partial charge in [0.25, 0.3) is 0 Å². The standard InChI is InChI=1S/C24H28N6O3S/c1-17(2)26-24-21(16-31)28(11-12-29(24)22-6-3-4-9-25-22)23-15-18-14-19(7-8-20(18)27-23)30-10-5-13-34(30,32)33/h3-4,6-9,14-15,17,24,26-27H,5,10-13H2,1-2H3. The molecule has 9 nitrogen and oxygen atoms in total. The second-order valence-corrected chi connectivity index (χ2v) is 10.9. The molecule has 2 aliphatic heterocycles. The van der Waals surface area contributed by atoms with Gasteiger partial charge in [-0.05, 0) is 56.7 Å². The molecular formula is C24H28N6O3S. The quantitative estimate of drug-likeness (QED) is 0.541. The van der Waals surface area contributed by atoms with Crippen LogP contribution in [0.2, 0.25) is 0 Å². The van der Waals surface area contributed by atoms with Gasteiger partial charge in [0.1, 0.15) is 29.4 Å². The van der Waals surface area contributed by atoms with Crippen molar-refractivity contribution in [2.45, 2.75) is 32.5 Å². The highest BCUT2D eigenvalue weighted by Crippen LogP contribution is 2.33. The van der Waals surface area contributed by atoms with Gasteiger partial charge in [0, 0.05) is 42.8 Å². The zero-order chi connectivity index (χ0) is 23.9. The molecule has 2 aromatic heterocycles. The number of hydrogen-bond acceptors (Lipinski definition) is 7. The van der Waals surface area contributed by atoms with E-state index >= 15 is 0 Å². The molecule has 0 amide bonds. The molecule has 2 N–H and O–H groups in total. The fourth-order valence-corrected chi connectivity index (χ4v) is 6.26. The Bertz CT molecular complexity index is 1350. The number of aromatic amines is 1. The van der Waals surface area contributed by atoms with Crippen molar-refractivity contribution in [3.8, 4) is 0 Å². The van der Waals surface area contributed by atoms with E-state index in [0.717, 1.165) is 22.5 Å². The number of fused-ring (bicyclic) bond motifs is 1. The molecule has 10 heteroatoms. The number of anilines is 3. The molecule has 0 spiro atoms. The Balaban J connectivity index is 1.49. The summed E-state index contributed by atoms with van der Waals surface area (Å²) in [5.74, 6) is 3.92. The van der Waals surface area contributed by atoms with Gasteiger partial charge in [0.15, 0.2) is 0 Å². The summed E-state index contributed by atoms with van der Waals surface area (Å²) in [6, 6.07) is 13.4. The van der Waals surface area contributed by atoms with Crippen LogP contribution in [0, 0.1) is 0 Å². The predicted octanol–water partition coefficient (Wildman–Crippen LogP) is 2.47. The molecule has 1 unspecified atom stereocenters. The summed E-state index contributed by atoms with van der Waals surface area (Å²) >= 11 is 0. The van der Waals surface area contributed by atoms with Crippen LogP contribution >= 0.6 is 0 Å². The Morgan fingerprint density at radius 3 is 2.68 bits per heavy atom. The average Bonchev–Trinajstić information content (AvgIpc) is 3.40. The molecule has 0 radical (unpaired) electrons. The van der Waals surface area contributed by atoms with Crippen molar-refractivity contribution in [1.29, 1.82) is 0 Å². The average molecular weight is 481 g/mol. The monoisotopic (exact) mass is 480 g/mol. The zero-order valence-corrected chi connectivity index (χ0v) is 20.0. The van der Waals surface area contributed by atoms with Gasteiger partial charge in [0.2, 0.25) is 10.0 Å². The van der Waals surface area contributed by atoms with Crippen molar-refractivity contribution in [3.63, 3.8) is 0 Å². The topological polar surface area (TPSA) is 102 Å². The number of sulfonamides is 1. The Labute approximate surface area is 199 Å². The highest BCUT2D eigenvalue weighted by molar-refractivity contribution is 7.93. The van der Waals surface area contributed by atoms with Gasteiger partial charge in [-0.2, -0.15) is 0 Å². The first-order valence-electron chi connectivity index (χ1n) is 11.5. The van der Waals surface area contributed by atoms with Crippen molar-refractivity contribution in [3.05, 3.63) is 54.4 Å². The third kappa shape index (κ3) is 4.04. The van der Waals surface area contributed by atoms with E-state index in [2.05, 4.69) is 26.1 Å². The Hall–Kier alpha value is -3.33. The van der Waals surface area contributed by atoms with E-state index in [1.807, 2.05) is 61.2 Å². The molecule has 1 aromatic carbocycles. The van der Waals surface area contributed by atoms with E-state index in [1.54, 1.807) is 6.20 Å². The number of H-pyrrole nitrogens is 1. The Morgan fingerprint density at radius 2 is 2.00 bits per heavy atom. The molecule has 3 aromatic rings. The van der Waals surface area contributed by atoms with Crippen LogP contribution in [0.3, 0.4) is 0 Å². The number of piperazine rings is 1. The number of pyridine rings is 1. The van der Waals surface area contributed by atoms with Gasteiger partial charge in [-0.15, -0.1) is 0 Å². The summed E-state index contributed by atoms with van der Waals surface area (Å²) in [6.45, 7) is 5.79. The summed E-state index contributed by atoms with van der Waals surface area (Å²) in [7, 11) is -3.25. The molecule has 5 rings (SSSR count). The number of rotatable bonds is 5. The van der Waals surface area contributed by atoms with Crippen LogP contribution in [0.15, 0.2) is 54.4 Å². The molecule has 34 heavy (non-hydrogen) atoms. The van der Waals surface area contributed by atoms with Gasteiger partial charge in [-0.25, -0.2) is 18.2 Å². The first-order valence-corrected chi connectivity index (χ1v) is 13.1. The van der Waals surface area contributed by atoms with Gasteiger partial charge >= 0.3 is 0 Å². The van der Waals surface area contributed by atoms with E-state index in [0.29, 0.717) is 37.4 Å². The normalized spacial score (nSPS) is 20.4. The van der Waals surface area contributed by atoms with E-state index in [9.17, 15) is 13.2 Å². The maximum atomic E-state index is 12.4. The lowest BCUT2D eigenvalue weighted by molar-refractivity contribution is 0.448. The van der Waals surface area contributed by atoms with Crippen molar-refractivity contribution in [2.24, 2.45) is 0 Å². The molecule has 0 aliphatic carbocycles. The lowest BCUT2D eigenvalue weighted by Gasteiger charge is -2.43. The molecule has 2 saturated heterocycles. The first-order chi connectivity index (χ1) is 16.4. The minimum absolute atomic E-state index is 0.132. The maximum absolute atomic E-state index is 12.4. The van der Waals surface area contributed by atoms with Gasteiger partial charge < -0.3 is 14.8 Å².